The van der Waals surface area contributed by atoms with Crippen molar-refractivity contribution in [2.45, 2.75) is 25.5 Å². The molecule has 0 rings (SSSR count). The quantitative estimate of drug-likeness (QED) is 0.692. The van der Waals surface area contributed by atoms with Gasteiger partial charge in [0, 0.05) is 0 Å². The molecule has 0 unspecified atom stereocenters. The monoisotopic (exact) mass is 206 g/mol. The second-order valence-electron chi connectivity index (χ2n) is 3.53. The summed E-state index contributed by atoms with van der Waals surface area (Å²) in [6.45, 7) is 7.34. The second kappa shape index (κ2) is 3.49. The number of carboxylic acid groups (broad SMARTS) is 1. The number of rotatable bonds is 4. The summed E-state index contributed by atoms with van der Waals surface area (Å²) in [6, 6.07) is 0. The van der Waals surface area contributed by atoms with Crippen LogP contribution in [0.15, 0.2) is 12.2 Å². The Labute approximate surface area is 78.2 Å². The third-order valence-corrected chi connectivity index (χ3v) is 4.33. The van der Waals surface area contributed by atoms with Crippen LogP contribution in [-0.2, 0) is 14.6 Å². The molecule has 0 atom stereocenters. The Bertz CT molecular complexity index is 324. The molecular formula is C8H14O4S. The van der Waals surface area contributed by atoms with E-state index < -0.39 is 20.6 Å². The first kappa shape index (κ1) is 12.2. The number of sulfone groups is 1. The van der Waals surface area contributed by atoms with E-state index in [1.807, 2.05) is 0 Å². The molecule has 76 valence electrons. The van der Waals surface area contributed by atoms with E-state index in [1.165, 1.54) is 13.8 Å². The minimum Gasteiger partial charge on any atom is -0.480 e. The van der Waals surface area contributed by atoms with Crippen LogP contribution in [0.1, 0.15) is 20.8 Å². The van der Waals surface area contributed by atoms with Gasteiger partial charge in [-0.25, -0.2) is 8.42 Å². The Hall–Kier alpha value is -0.840. The third kappa shape index (κ3) is 2.55. The highest BCUT2D eigenvalue weighted by Crippen LogP contribution is 2.19. The third-order valence-electron chi connectivity index (χ3n) is 1.73. The molecule has 0 aromatic rings. The predicted octanol–water partition coefficient (Wildman–Crippen LogP) is 0.841. The summed E-state index contributed by atoms with van der Waals surface area (Å²) in [5, 5.41) is 8.68. The van der Waals surface area contributed by atoms with E-state index in [0.29, 0.717) is 5.57 Å². The van der Waals surface area contributed by atoms with Crippen LogP contribution >= 0.6 is 0 Å². The van der Waals surface area contributed by atoms with E-state index in [1.54, 1.807) is 6.92 Å². The van der Waals surface area contributed by atoms with Crippen molar-refractivity contribution in [3.8, 4) is 0 Å². The van der Waals surface area contributed by atoms with Crippen LogP contribution < -0.4 is 0 Å². The van der Waals surface area contributed by atoms with Crippen LogP contribution in [0.25, 0.3) is 0 Å². The highest BCUT2D eigenvalue weighted by Gasteiger charge is 2.41. The van der Waals surface area contributed by atoms with Gasteiger partial charge in [0.05, 0.1) is 5.75 Å². The Kier molecular flexibility index (Phi) is 3.27. The van der Waals surface area contributed by atoms with Crippen molar-refractivity contribution in [1.29, 1.82) is 0 Å². The lowest BCUT2D eigenvalue weighted by Crippen LogP contribution is -2.42. The number of carboxylic acids is 1. The van der Waals surface area contributed by atoms with Gasteiger partial charge in [0.2, 0.25) is 0 Å². The van der Waals surface area contributed by atoms with Crippen LogP contribution in [0.5, 0.6) is 0 Å². The van der Waals surface area contributed by atoms with Crippen molar-refractivity contribution in [2.75, 3.05) is 5.75 Å². The molecule has 0 heterocycles. The first-order chi connectivity index (χ1) is 5.61. The summed E-state index contributed by atoms with van der Waals surface area (Å²) in [5.41, 5.74) is 0.439. The minimum atomic E-state index is -3.66. The fourth-order valence-electron chi connectivity index (χ4n) is 0.638. The van der Waals surface area contributed by atoms with Gasteiger partial charge in [0.1, 0.15) is 0 Å². The van der Waals surface area contributed by atoms with E-state index >= 15 is 0 Å². The Morgan fingerprint density at radius 2 is 1.85 bits per heavy atom. The summed E-state index contributed by atoms with van der Waals surface area (Å²) in [6.07, 6.45) is 0. The lowest BCUT2D eigenvalue weighted by Gasteiger charge is -2.19. The Balaban J connectivity index is 5.06. The lowest BCUT2D eigenvalue weighted by atomic mass is 10.2. The molecule has 1 N–H and O–H groups in total. The van der Waals surface area contributed by atoms with Gasteiger partial charge in [-0.2, -0.15) is 0 Å². The molecule has 0 saturated heterocycles. The molecular weight excluding hydrogens is 192 g/mol. The molecule has 0 aromatic heterocycles. The molecule has 0 aliphatic rings. The SMILES string of the molecule is C=C(C)CS(=O)(=O)C(C)(C)C(=O)O. The average molecular weight is 206 g/mol. The second-order valence-corrected chi connectivity index (χ2v) is 6.07. The maximum Gasteiger partial charge on any atom is 0.324 e. The number of hydrogen-bond donors (Lipinski definition) is 1. The van der Waals surface area contributed by atoms with E-state index in [9.17, 15) is 13.2 Å². The summed E-state index contributed by atoms with van der Waals surface area (Å²) < 4.78 is 21.2. The minimum absolute atomic E-state index is 0.285. The van der Waals surface area contributed by atoms with Crippen LogP contribution in [0, 0.1) is 0 Å². The average Bonchev–Trinajstić information content (AvgIpc) is 1.83. The molecule has 0 bridgehead atoms. The van der Waals surface area contributed by atoms with E-state index in [2.05, 4.69) is 6.58 Å². The van der Waals surface area contributed by atoms with Crippen LogP contribution in [0.4, 0.5) is 0 Å². The smallest absolute Gasteiger partial charge is 0.324 e. The van der Waals surface area contributed by atoms with E-state index in [4.69, 9.17) is 5.11 Å². The van der Waals surface area contributed by atoms with Gasteiger partial charge in [0.25, 0.3) is 0 Å². The van der Waals surface area contributed by atoms with Crippen LogP contribution in [0.2, 0.25) is 0 Å². The lowest BCUT2D eigenvalue weighted by molar-refractivity contribution is -0.139. The van der Waals surface area contributed by atoms with Crippen molar-refractivity contribution >= 4 is 15.8 Å². The van der Waals surface area contributed by atoms with Crippen molar-refractivity contribution in [1.82, 2.24) is 0 Å². The maximum absolute atomic E-state index is 11.5. The zero-order valence-corrected chi connectivity index (χ0v) is 8.81. The van der Waals surface area contributed by atoms with Crippen molar-refractivity contribution in [3.63, 3.8) is 0 Å². The molecule has 0 fully saturated rings. The number of hydrogen-bond acceptors (Lipinski definition) is 3. The fraction of sp³-hybridized carbons (Fsp3) is 0.625. The zero-order chi connectivity index (χ0) is 10.9. The van der Waals surface area contributed by atoms with Gasteiger partial charge in [-0.15, -0.1) is 0 Å². The summed E-state index contributed by atoms with van der Waals surface area (Å²) in [7, 11) is -3.66. The largest absolute Gasteiger partial charge is 0.480 e. The molecule has 4 nitrogen and oxygen atoms in total. The van der Waals surface area contributed by atoms with Gasteiger partial charge in [-0.05, 0) is 20.8 Å². The number of carbonyl (C=O) groups is 1. The Morgan fingerprint density at radius 3 is 2.08 bits per heavy atom. The molecule has 0 saturated carbocycles. The highest BCUT2D eigenvalue weighted by molar-refractivity contribution is 7.93. The van der Waals surface area contributed by atoms with Crippen LogP contribution in [0.3, 0.4) is 0 Å². The Morgan fingerprint density at radius 1 is 1.46 bits per heavy atom. The molecule has 13 heavy (non-hydrogen) atoms. The summed E-state index contributed by atoms with van der Waals surface area (Å²) in [5.74, 6) is -1.62. The first-order valence-corrected chi connectivity index (χ1v) is 5.36. The van der Waals surface area contributed by atoms with Gasteiger partial charge < -0.3 is 5.11 Å². The molecule has 5 heteroatoms. The van der Waals surface area contributed by atoms with E-state index in [-0.39, 0.29) is 5.75 Å². The van der Waals surface area contributed by atoms with Crippen LogP contribution in [-0.4, -0.2) is 30.0 Å². The van der Waals surface area contributed by atoms with E-state index in [0.717, 1.165) is 0 Å². The van der Waals surface area contributed by atoms with Crippen molar-refractivity contribution in [3.05, 3.63) is 12.2 Å². The molecule has 0 aromatic carbocycles. The fourth-order valence-corrected chi connectivity index (χ4v) is 1.91. The topological polar surface area (TPSA) is 71.4 Å². The molecule has 0 aliphatic heterocycles. The highest BCUT2D eigenvalue weighted by atomic mass is 32.2. The molecule has 0 spiro atoms. The summed E-state index contributed by atoms with van der Waals surface area (Å²) >= 11 is 0. The van der Waals surface area contributed by atoms with Gasteiger partial charge in [-0.3, -0.25) is 4.79 Å². The normalized spacial score (nSPS) is 12.5. The molecule has 0 radical (unpaired) electrons. The molecule has 0 aliphatic carbocycles. The molecule has 0 amide bonds. The van der Waals surface area contributed by atoms with Gasteiger partial charge in [-0.1, -0.05) is 12.2 Å². The van der Waals surface area contributed by atoms with Gasteiger partial charge >= 0.3 is 5.97 Å². The zero-order valence-electron chi connectivity index (χ0n) is 7.99. The van der Waals surface area contributed by atoms with Gasteiger partial charge in [0.15, 0.2) is 14.6 Å². The number of aliphatic carboxylic acids is 1. The summed E-state index contributed by atoms with van der Waals surface area (Å²) in [4.78, 5) is 10.6. The predicted molar refractivity (Wildman–Crippen MR) is 50.3 cm³/mol. The van der Waals surface area contributed by atoms with Crippen molar-refractivity contribution in [2.24, 2.45) is 0 Å². The van der Waals surface area contributed by atoms with Crippen molar-refractivity contribution < 1.29 is 18.3 Å². The maximum atomic E-state index is 11.5. The standard InChI is InChI=1S/C8H14O4S/c1-6(2)5-13(11,12)8(3,4)7(9)10/h1,5H2,2-4H3,(H,9,10). The first-order valence-electron chi connectivity index (χ1n) is 3.71.